The Morgan fingerprint density at radius 1 is 1.15 bits per heavy atom. The minimum Gasteiger partial charge on any atom is -0.510 e. The van der Waals surface area contributed by atoms with E-state index in [4.69, 9.17) is 23.3 Å². The molecule has 1 amide bonds. The van der Waals surface area contributed by atoms with Crippen LogP contribution in [0.15, 0.2) is 28.7 Å². The summed E-state index contributed by atoms with van der Waals surface area (Å²) in [5.74, 6) is -8.16. The fourth-order valence-corrected chi connectivity index (χ4v) is 5.82. The molecule has 2 unspecified atom stereocenters. The van der Waals surface area contributed by atoms with Gasteiger partial charge in [-0.25, -0.2) is 0 Å². The summed E-state index contributed by atoms with van der Waals surface area (Å²) in [4.78, 5) is 52.6. The zero-order valence-electron chi connectivity index (χ0n) is 22.1. The number of ketones is 2. The van der Waals surface area contributed by atoms with E-state index < -0.39 is 95.9 Å². The van der Waals surface area contributed by atoms with Crippen LogP contribution in [0.3, 0.4) is 0 Å². The number of phenols is 1. The van der Waals surface area contributed by atoms with Crippen LogP contribution in [0.2, 0.25) is 0 Å². The number of rotatable bonds is 4. The number of Topliss-reactive ketones (excluding diaryl/α,β-unsaturated/α-hetero) is 2. The number of carbonyl (C=O) groups is 3. The highest BCUT2D eigenvalue weighted by atomic mass is 32.3. The number of aliphatic hydroxyl groups is 3. The lowest BCUT2D eigenvalue weighted by atomic mass is 9.58. The number of aliphatic hydroxyl groups excluding tert-OH is 2. The van der Waals surface area contributed by atoms with Crippen molar-refractivity contribution in [2.24, 2.45) is 17.6 Å². The van der Waals surface area contributed by atoms with E-state index in [0.717, 1.165) is 6.07 Å². The van der Waals surface area contributed by atoms with Crippen molar-refractivity contribution >= 4 is 39.2 Å². The highest BCUT2D eigenvalue weighted by molar-refractivity contribution is 7.79. The van der Waals surface area contributed by atoms with E-state index in [-0.39, 0.29) is 12.8 Å². The van der Waals surface area contributed by atoms with E-state index in [1.54, 1.807) is 19.0 Å². The molecule has 0 bridgehead atoms. The molecule has 0 fully saturated rings. The zero-order chi connectivity index (χ0) is 31.5. The molecule has 18 heteroatoms. The van der Waals surface area contributed by atoms with Gasteiger partial charge in [-0.2, -0.15) is 8.42 Å². The van der Waals surface area contributed by atoms with E-state index in [1.807, 2.05) is 0 Å². The second kappa shape index (κ2) is 10.4. The first-order chi connectivity index (χ1) is 18.7. The number of nitrogens with two attached hydrogens (primary N) is 1. The Morgan fingerprint density at radius 3 is 2.12 bits per heavy atom. The summed E-state index contributed by atoms with van der Waals surface area (Å²) in [5, 5.41) is 55.8. The monoisotopic (exact) mass is 600 g/mol. The van der Waals surface area contributed by atoms with Crippen LogP contribution in [-0.4, -0.2) is 105 Å². The third-order valence-electron chi connectivity index (χ3n) is 7.36. The highest BCUT2D eigenvalue weighted by Gasteiger charge is 2.63. The predicted octanol–water partition coefficient (Wildman–Crippen LogP) is -0.558. The smallest absolute Gasteiger partial charge is 0.394 e. The van der Waals surface area contributed by atoms with E-state index >= 15 is 0 Å². The molecule has 4 atom stereocenters. The first-order valence-corrected chi connectivity index (χ1v) is 13.1. The SMILES string of the molecule is CN(C)c1cc([N+](=O)[O-])c(O)c2c1CC1CC3[C@H](N(C)C)C(O)=C(C(N)=O)C(=O)[C@@]3(O)C(O)=C1C2=O.O=S(=O)(O)O. The van der Waals surface area contributed by atoms with Gasteiger partial charge in [-0.1, -0.05) is 0 Å². The number of carbonyl (C=O) groups excluding carboxylic acids is 3. The molecular weight excluding hydrogens is 572 g/mol. The van der Waals surface area contributed by atoms with E-state index in [9.17, 15) is 44.9 Å². The number of nitrogens with zero attached hydrogens (tertiary/aromatic N) is 3. The molecular formula is C23H28N4O13S. The van der Waals surface area contributed by atoms with Crippen molar-refractivity contribution in [2.75, 3.05) is 33.1 Å². The van der Waals surface area contributed by atoms with Crippen LogP contribution in [0.4, 0.5) is 11.4 Å². The first-order valence-electron chi connectivity index (χ1n) is 11.7. The van der Waals surface area contributed by atoms with Gasteiger partial charge in [-0.15, -0.1) is 0 Å². The largest absolute Gasteiger partial charge is 0.510 e. The fourth-order valence-electron chi connectivity index (χ4n) is 5.82. The quantitative estimate of drug-likeness (QED) is 0.0987. The number of nitro groups is 1. The normalized spacial score (nSPS) is 25.6. The number of hydrogen-bond acceptors (Lipinski definition) is 13. The van der Waals surface area contributed by atoms with Gasteiger partial charge >= 0.3 is 16.1 Å². The highest BCUT2D eigenvalue weighted by Crippen LogP contribution is 2.54. The third kappa shape index (κ3) is 5.10. The summed E-state index contributed by atoms with van der Waals surface area (Å²) in [6, 6.07) is 0.0457. The van der Waals surface area contributed by atoms with Gasteiger partial charge in [-0.05, 0) is 38.4 Å². The molecule has 3 aliphatic rings. The summed E-state index contributed by atoms with van der Waals surface area (Å²) >= 11 is 0. The minimum absolute atomic E-state index is 0.0353. The minimum atomic E-state index is -4.67. The van der Waals surface area contributed by atoms with Gasteiger partial charge in [0.15, 0.2) is 11.4 Å². The van der Waals surface area contributed by atoms with Gasteiger partial charge in [0.1, 0.15) is 17.1 Å². The third-order valence-corrected chi connectivity index (χ3v) is 7.36. The number of amides is 1. The van der Waals surface area contributed by atoms with Crippen molar-refractivity contribution in [1.29, 1.82) is 0 Å². The number of likely N-dealkylation sites (N-methyl/N-ethyl adjacent to an activating group) is 1. The van der Waals surface area contributed by atoms with Gasteiger partial charge in [0.05, 0.1) is 16.5 Å². The Balaban J connectivity index is 0.000000850. The van der Waals surface area contributed by atoms with Crippen molar-refractivity contribution in [3.8, 4) is 5.75 Å². The number of primary amides is 1. The summed E-state index contributed by atoms with van der Waals surface area (Å²) in [6.07, 6.45) is -0.0377. The van der Waals surface area contributed by atoms with Gasteiger partial charge < -0.3 is 31.1 Å². The number of benzene rings is 1. The zero-order valence-corrected chi connectivity index (χ0v) is 22.9. The fraction of sp³-hybridized carbons (Fsp3) is 0.435. The summed E-state index contributed by atoms with van der Waals surface area (Å²) in [6.45, 7) is 0. The number of phenolic OH excluding ortho intramolecular Hbond substituents is 1. The maximum absolute atomic E-state index is 13.6. The van der Waals surface area contributed by atoms with Gasteiger partial charge in [0.25, 0.3) is 5.91 Å². The summed E-state index contributed by atoms with van der Waals surface area (Å²) in [7, 11) is 1.63. The summed E-state index contributed by atoms with van der Waals surface area (Å²) < 4.78 is 31.6. The Kier molecular flexibility index (Phi) is 7.96. The molecule has 1 aromatic carbocycles. The van der Waals surface area contributed by atoms with Gasteiger partial charge in [0.2, 0.25) is 11.5 Å². The molecule has 0 saturated heterocycles. The maximum atomic E-state index is 13.6. The molecule has 41 heavy (non-hydrogen) atoms. The van der Waals surface area contributed by atoms with Crippen LogP contribution in [0.25, 0.3) is 0 Å². The lowest BCUT2D eigenvalue weighted by Crippen LogP contribution is -2.63. The van der Waals surface area contributed by atoms with Crippen molar-refractivity contribution in [1.82, 2.24) is 4.90 Å². The molecule has 224 valence electrons. The van der Waals surface area contributed by atoms with Crippen molar-refractivity contribution in [3.05, 3.63) is 50.0 Å². The lowest BCUT2D eigenvalue weighted by molar-refractivity contribution is -0.385. The number of hydrogen-bond donors (Lipinski definition) is 7. The van der Waals surface area contributed by atoms with Crippen LogP contribution in [0.5, 0.6) is 5.75 Å². The molecule has 0 aromatic heterocycles. The van der Waals surface area contributed by atoms with E-state index in [2.05, 4.69) is 0 Å². The van der Waals surface area contributed by atoms with E-state index in [0.29, 0.717) is 11.3 Å². The molecule has 4 rings (SSSR count). The molecule has 0 radical (unpaired) electrons. The van der Waals surface area contributed by atoms with Gasteiger partial charge in [0, 0.05) is 37.3 Å². The maximum Gasteiger partial charge on any atom is 0.394 e. The molecule has 0 aliphatic heterocycles. The van der Waals surface area contributed by atoms with Gasteiger partial charge in [-0.3, -0.25) is 38.5 Å². The Hall–Kier alpha value is -4.10. The topological polar surface area (TPSA) is 282 Å². The average molecular weight is 601 g/mol. The standard InChI is InChI=1S/C23H26N4O9.H2O4S/c1-25(2)11-7-12(27(35)36)17(28)14-9(11)5-8-6-10-16(26(3)4)19(30)15(22(24)33)21(32)23(10,34)20(31)13(8)18(14)29;1-5(2,3)4/h7-8,10,16,28,30-31,34H,5-6H2,1-4H3,(H2,24,33);(H2,1,2,3,4)/t8?,10?,16-,23-;/m0./s1. The number of aromatic hydroxyl groups is 1. The molecule has 0 spiro atoms. The van der Waals surface area contributed by atoms with Crippen molar-refractivity contribution < 1.29 is 57.3 Å². The molecule has 8 N–H and O–H groups in total. The summed E-state index contributed by atoms with van der Waals surface area (Å²) in [5.41, 5.74) is 0.726. The van der Waals surface area contributed by atoms with Crippen LogP contribution < -0.4 is 10.6 Å². The second-order valence-electron chi connectivity index (χ2n) is 10.2. The average Bonchev–Trinajstić information content (AvgIpc) is 2.79. The Bertz CT molecular complexity index is 1540. The first kappa shape index (κ1) is 31.4. The van der Waals surface area contributed by atoms with Crippen molar-refractivity contribution in [2.45, 2.75) is 24.5 Å². The van der Waals surface area contributed by atoms with Crippen molar-refractivity contribution in [3.63, 3.8) is 0 Å². The van der Waals surface area contributed by atoms with E-state index in [1.165, 1.54) is 19.0 Å². The predicted molar refractivity (Wildman–Crippen MR) is 139 cm³/mol. The number of fused-ring (bicyclic) bond motifs is 3. The lowest BCUT2D eigenvalue weighted by Gasteiger charge is -2.50. The van der Waals surface area contributed by atoms with Crippen LogP contribution in [-0.2, 0) is 26.4 Å². The molecule has 1 aromatic rings. The Labute approximate surface area is 232 Å². The molecule has 0 heterocycles. The number of nitro benzene ring substituents is 1. The van der Waals surface area contributed by atoms with Crippen LogP contribution in [0.1, 0.15) is 22.3 Å². The van der Waals surface area contributed by atoms with Crippen LogP contribution in [0, 0.1) is 22.0 Å². The number of anilines is 1. The Morgan fingerprint density at radius 2 is 1.68 bits per heavy atom. The second-order valence-corrected chi connectivity index (χ2v) is 11.1. The molecule has 17 nitrogen and oxygen atoms in total. The number of allylic oxidation sites excluding steroid dienone is 1. The molecule has 0 saturated carbocycles. The van der Waals surface area contributed by atoms with Crippen LogP contribution >= 0.6 is 0 Å². The molecule has 3 aliphatic carbocycles.